The Labute approximate surface area is 102 Å². The molecule has 1 aromatic heterocycles. The third-order valence-corrected chi connectivity index (χ3v) is 4.45. The third-order valence-electron chi connectivity index (χ3n) is 1.59. The van der Waals surface area contributed by atoms with Crippen molar-refractivity contribution in [3.8, 4) is 0 Å². The Hall–Kier alpha value is -0.610. The second-order valence-corrected chi connectivity index (χ2v) is 7.69. The maximum absolute atomic E-state index is 11.5. The van der Waals surface area contributed by atoms with Crippen LogP contribution in [0.5, 0.6) is 0 Å². The smallest absolute Gasteiger partial charge is 0.231 e. The van der Waals surface area contributed by atoms with Crippen molar-refractivity contribution < 1.29 is 16.8 Å². The van der Waals surface area contributed by atoms with E-state index in [1.54, 1.807) is 0 Å². The number of sulfone groups is 1. The quantitative estimate of drug-likeness (QED) is 0.837. The van der Waals surface area contributed by atoms with Crippen LogP contribution in [0.2, 0.25) is 0 Å². The summed E-state index contributed by atoms with van der Waals surface area (Å²) in [6.45, 7) is 0. The van der Waals surface area contributed by atoms with Crippen LogP contribution < -0.4 is 4.72 Å². The molecule has 0 saturated carbocycles. The van der Waals surface area contributed by atoms with Gasteiger partial charge in [-0.05, 0) is 15.9 Å². The zero-order valence-corrected chi connectivity index (χ0v) is 11.9. The van der Waals surface area contributed by atoms with Gasteiger partial charge in [-0.15, -0.1) is 0 Å². The van der Waals surface area contributed by atoms with E-state index < -0.39 is 19.9 Å². The third kappa shape index (κ3) is 2.95. The number of rotatable bonds is 3. The van der Waals surface area contributed by atoms with Crippen LogP contribution in [0.1, 0.15) is 0 Å². The average molecular weight is 332 g/mol. The summed E-state index contributed by atoms with van der Waals surface area (Å²) in [5.74, 6) is -0.209. The standard InChI is InChI=1S/C6H10BrN3O4S2/c1-10-5(7)4(15(2,11)12)6(8-10)9-16(3,13)14/h1-3H3,(H,8,9). The summed E-state index contributed by atoms with van der Waals surface area (Å²) in [5.41, 5.74) is 0. The first-order valence-electron chi connectivity index (χ1n) is 3.92. The molecule has 16 heavy (non-hydrogen) atoms. The van der Waals surface area contributed by atoms with E-state index in [2.05, 4.69) is 21.0 Å². The topological polar surface area (TPSA) is 98.1 Å². The molecule has 0 saturated heterocycles. The minimum Gasteiger partial charge on any atom is -0.265 e. The van der Waals surface area contributed by atoms with Crippen molar-refractivity contribution in [1.82, 2.24) is 9.78 Å². The molecule has 1 N–H and O–H groups in total. The van der Waals surface area contributed by atoms with E-state index in [1.165, 1.54) is 11.7 Å². The first-order valence-corrected chi connectivity index (χ1v) is 8.50. The minimum atomic E-state index is -3.57. The molecular formula is C6H10BrN3O4S2. The zero-order valence-electron chi connectivity index (χ0n) is 8.72. The Balaban J connectivity index is 3.48. The lowest BCUT2D eigenvalue weighted by Crippen LogP contribution is -2.12. The number of anilines is 1. The van der Waals surface area contributed by atoms with Crippen LogP contribution in [-0.4, -0.2) is 39.1 Å². The summed E-state index contributed by atoms with van der Waals surface area (Å²) in [6.07, 6.45) is 1.89. The van der Waals surface area contributed by atoms with Gasteiger partial charge in [-0.2, -0.15) is 5.10 Å². The van der Waals surface area contributed by atoms with Gasteiger partial charge < -0.3 is 0 Å². The SMILES string of the molecule is Cn1nc(NS(C)(=O)=O)c(S(C)(=O)=O)c1Br. The van der Waals surface area contributed by atoms with Gasteiger partial charge in [-0.3, -0.25) is 9.40 Å². The van der Waals surface area contributed by atoms with Gasteiger partial charge in [0.1, 0.15) is 9.50 Å². The molecule has 7 nitrogen and oxygen atoms in total. The Morgan fingerprint density at radius 3 is 2.12 bits per heavy atom. The van der Waals surface area contributed by atoms with E-state index in [4.69, 9.17) is 0 Å². The van der Waals surface area contributed by atoms with E-state index in [0.717, 1.165) is 12.5 Å². The van der Waals surface area contributed by atoms with Crippen molar-refractivity contribution in [1.29, 1.82) is 0 Å². The van der Waals surface area contributed by atoms with Crippen LogP contribution in [0, 0.1) is 0 Å². The second kappa shape index (κ2) is 4.00. The molecule has 0 spiro atoms. The van der Waals surface area contributed by atoms with E-state index in [1.807, 2.05) is 4.72 Å². The summed E-state index contributed by atoms with van der Waals surface area (Å²) < 4.78 is 48.4. The molecule has 0 unspecified atom stereocenters. The number of hydrogen-bond acceptors (Lipinski definition) is 5. The fraction of sp³-hybridized carbons (Fsp3) is 0.500. The van der Waals surface area contributed by atoms with Crippen LogP contribution in [0.25, 0.3) is 0 Å². The highest BCUT2D eigenvalue weighted by molar-refractivity contribution is 9.10. The first-order chi connectivity index (χ1) is 7.02. The van der Waals surface area contributed by atoms with Gasteiger partial charge in [0.05, 0.1) is 6.26 Å². The largest absolute Gasteiger partial charge is 0.265 e. The molecule has 0 aliphatic rings. The molecule has 0 bridgehead atoms. The molecule has 0 aliphatic carbocycles. The van der Waals surface area contributed by atoms with Crippen LogP contribution >= 0.6 is 15.9 Å². The van der Waals surface area contributed by atoms with E-state index in [0.29, 0.717) is 0 Å². The second-order valence-electron chi connectivity index (χ2n) is 3.24. The first kappa shape index (κ1) is 13.5. The molecule has 0 aliphatic heterocycles. The van der Waals surface area contributed by atoms with Crippen molar-refractivity contribution in [2.75, 3.05) is 17.2 Å². The molecule has 0 amide bonds. The van der Waals surface area contributed by atoms with Crippen LogP contribution in [0.3, 0.4) is 0 Å². The number of halogens is 1. The average Bonchev–Trinajstić information content (AvgIpc) is 2.21. The van der Waals surface area contributed by atoms with Crippen molar-refractivity contribution in [3.05, 3.63) is 4.60 Å². The number of nitrogens with zero attached hydrogens (tertiary/aromatic N) is 2. The number of sulfonamides is 1. The van der Waals surface area contributed by atoms with Gasteiger partial charge in [-0.1, -0.05) is 0 Å². The lowest BCUT2D eigenvalue weighted by Gasteiger charge is -2.01. The molecule has 0 fully saturated rings. The highest BCUT2D eigenvalue weighted by atomic mass is 79.9. The molecule has 92 valence electrons. The van der Waals surface area contributed by atoms with E-state index in [-0.39, 0.29) is 15.3 Å². The summed E-state index contributed by atoms with van der Waals surface area (Å²) in [4.78, 5) is -0.180. The normalized spacial score (nSPS) is 12.8. The molecule has 10 heteroatoms. The van der Waals surface area contributed by atoms with Crippen molar-refractivity contribution >= 4 is 41.6 Å². The predicted molar refractivity (Wildman–Crippen MR) is 62.5 cm³/mol. The predicted octanol–water partition coefficient (Wildman–Crippen LogP) is -0.0424. The van der Waals surface area contributed by atoms with Crippen LogP contribution in [0.15, 0.2) is 9.50 Å². The van der Waals surface area contributed by atoms with Crippen molar-refractivity contribution in [3.63, 3.8) is 0 Å². The lowest BCUT2D eigenvalue weighted by atomic mass is 10.6. The highest BCUT2D eigenvalue weighted by Crippen LogP contribution is 2.29. The van der Waals surface area contributed by atoms with Crippen LogP contribution in [-0.2, 0) is 26.9 Å². The summed E-state index contributed by atoms with van der Waals surface area (Å²) in [7, 11) is -5.66. The Morgan fingerprint density at radius 2 is 1.75 bits per heavy atom. The monoisotopic (exact) mass is 331 g/mol. The Morgan fingerprint density at radius 1 is 1.25 bits per heavy atom. The van der Waals surface area contributed by atoms with Gasteiger partial charge in [0, 0.05) is 13.3 Å². The van der Waals surface area contributed by atoms with E-state index >= 15 is 0 Å². The molecule has 0 atom stereocenters. The van der Waals surface area contributed by atoms with Gasteiger partial charge in [0.2, 0.25) is 10.0 Å². The molecule has 1 rings (SSSR count). The summed E-state index contributed by atoms with van der Waals surface area (Å²) in [5, 5.41) is 3.76. The molecule has 1 heterocycles. The maximum atomic E-state index is 11.5. The van der Waals surface area contributed by atoms with Crippen LogP contribution in [0.4, 0.5) is 5.82 Å². The number of aromatic nitrogens is 2. The number of nitrogens with one attached hydrogen (secondary N) is 1. The molecule has 0 aromatic carbocycles. The number of hydrogen-bond donors (Lipinski definition) is 1. The fourth-order valence-electron chi connectivity index (χ4n) is 1.05. The molecule has 0 radical (unpaired) electrons. The van der Waals surface area contributed by atoms with Crippen molar-refractivity contribution in [2.45, 2.75) is 4.90 Å². The summed E-state index contributed by atoms with van der Waals surface area (Å²) >= 11 is 3.03. The van der Waals surface area contributed by atoms with Gasteiger partial charge in [0.25, 0.3) is 0 Å². The van der Waals surface area contributed by atoms with Gasteiger partial charge in [-0.25, -0.2) is 16.8 Å². The van der Waals surface area contributed by atoms with Gasteiger partial charge >= 0.3 is 0 Å². The van der Waals surface area contributed by atoms with Crippen molar-refractivity contribution in [2.24, 2.45) is 7.05 Å². The maximum Gasteiger partial charge on any atom is 0.231 e. The van der Waals surface area contributed by atoms with Gasteiger partial charge in [0.15, 0.2) is 15.7 Å². The zero-order chi connectivity index (χ0) is 12.7. The Bertz CT molecular complexity index is 616. The minimum absolute atomic E-state index is 0.180. The summed E-state index contributed by atoms with van der Waals surface area (Å²) in [6, 6.07) is 0. The lowest BCUT2D eigenvalue weighted by molar-refractivity contribution is 0.601. The molecule has 1 aromatic rings. The Kier molecular flexibility index (Phi) is 3.37. The highest BCUT2D eigenvalue weighted by Gasteiger charge is 2.24. The fourth-order valence-corrected chi connectivity index (χ4v) is 3.64. The number of aryl methyl sites for hydroxylation is 1. The van der Waals surface area contributed by atoms with E-state index in [9.17, 15) is 16.8 Å². The molecular weight excluding hydrogens is 322 g/mol.